The van der Waals surface area contributed by atoms with Crippen LogP contribution in [-0.4, -0.2) is 55.6 Å². The molecule has 0 radical (unpaired) electrons. The molecule has 0 aromatic rings. The molecule has 0 amide bonds. The van der Waals surface area contributed by atoms with Gasteiger partial charge in [-0.05, 0) is 12.8 Å². The Bertz CT molecular complexity index is 274. The van der Waals surface area contributed by atoms with Crippen LogP contribution in [0.15, 0.2) is 0 Å². The molecule has 0 saturated carbocycles. The van der Waals surface area contributed by atoms with Crippen molar-refractivity contribution < 1.29 is 22.8 Å². The van der Waals surface area contributed by atoms with Crippen molar-refractivity contribution in [3.63, 3.8) is 0 Å². The first-order valence-electron chi connectivity index (χ1n) is 9.08. The second-order valence-electron chi connectivity index (χ2n) is 6.30. The number of hydrogen-bond acceptors (Lipinski definition) is 5. The highest BCUT2D eigenvalue weighted by Gasteiger charge is 2.38. The van der Waals surface area contributed by atoms with Crippen molar-refractivity contribution in [3.05, 3.63) is 0 Å². The number of rotatable bonds is 16. The summed E-state index contributed by atoms with van der Waals surface area (Å²) < 4.78 is 27.8. The zero-order chi connectivity index (χ0) is 17.0. The zero-order valence-corrected chi connectivity index (χ0v) is 16.5. The van der Waals surface area contributed by atoms with Crippen molar-refractivity contribution in [2.24, 2.45) is 0 Å². The van der Waals surface area contributed by atoms with E-state index in [2.05, 4.69) is 6.92 Å². The Morgan fingerprint density at radius 1 is 0.957 bits per heavy atom. The van der Waals surface area contributed by atoms with Crippen LogP contribution in [0, 0.1) is 0 Å². The molecule has 0 N–H and O–H groups in total. The van der Waals surface area contributed by atoms with Gasteiger partial charge in [-0.25, -0.2) is 0 Å². The van der Waals surface area contributed by atoms with E-state index in [0.717, 1.165) is 25.5 Å². The average Bonchev–Trinajstić information content (AvgIpc) is 3.41. The van der Waals surface area contributed by atoms with Crippen LogP contribution < -0.4 is 0 Å². The van der Waals surface area contributed by atoms with Gasteiger partial charge in [0.25, 0.3) is 0 Å². The summed E-state index contributed by atoms with van der Waals surface area (Å²) in [5.74, 6) is 0. The van der Waals surface area contributed by atoms with Crippen LogP contribution in [0.4, 0.5) is 0 Å². The summed E-state index contributed by atoms with van der Waals surface area (Å²) in [5.41, 5.74) is 0. The lowest BCUT2D eigenvalue weighted by atomic mass is 10.1. The predicted molar refractivity (Wildman–Crippen MR) is 93.7 cm³/mol. The van der Waals surface area contributed by atoms with E-state index < -0.39 is 8.80 Å². The van der Waals surface area contributed by atoms with Gasteiger partial charge in [0.2, 0.25) is 0 Å². The standard InChI is InChI=1S/C17H36O5Si/c1-5-6-7-8-9-10-11-16(21-14-17-15-22-17)12-13-23(18-2,19-3)20-4/h16-17H,5-15H2,1-4H3. The minimum atomic E-state index is -2.50. The maximum absolute atomic E-state index is 6.05. The first-order valence-corrected chi connectivity index (χ1v) is 11.0. The maximum Gasteiger partial charge on any atom is 0.500 e. The molecule has 1 rings (SSSR count). The second kappa shape index (κ2) is 12.4. The Kier molecular flexibility index (Phi) is 11.3. The summed E-state index contributed by atoms with van der Waals surface area (Å²) in [4.78, 5) is 0. The molecular formula is C17H36O5Si. The number of hydrogen-bond donors (Lipinski definition) is 0. The van der Waals surface area contributed by atoms with Crippen LogP contribution >= 0.6 is 0 Å². The monoisotopic (exact) mass is 348 g/mol. The van der Waals surface area contributed by atoms with E-state index >= 15 is 0 Å². The first-order chi connectivity index (χ1) is 11.2. The van der Waals surface area contributed by atoms with Crippen molar-refractivity contribution in [1.82, 2.24) is 0 Å². The van der Waals surface area contributed by atoms with Crippen molar-refractivity contribution in [2.75, 3.05) is 34.5 Å². The number of ether oxygens (including phenoxy) is 2. The van der Waals surface area contributed by atoms with E-state index in [-0.39, 0.29) is 6.10 Å². The molecule has 6 heteroatoms. The normalized spacial score (nSPS) is 19.0. The van der Waals surface area contributed by atoms with Crippen molar-refractivity contribution in [1.29, 1.82) is 0 Å². The van der Waals surface area contributed by atoms with E-state index in [1.165, 1.54) is 38.5 Å². The van der Waals surface area contributed by atoms with Gasteiger partial charge in [-0.1, -0.05) is 45.4 Å². The molecule has 1 fully saturated rings. The summed E-state index contributed by atoms with van der Waals surface area (Å²) in [6.45, 7) is 3.81. The average molecular weight is 349 g/mol. The van der Waals surface area contributed by atoms with Gasteiger partial charge in [-0.15, -0.1) is 0 Å². The van der Waals surface area contributed by atoms with E-state index in [9.17, 15) is 0 Å². The molecule has 138 valence electrons. The molecule has 1 saturated heterocycles. The summed E-state index contributed by atoms with van der Waals surface area (Å²) >= 11 is 0. The highest BCUT2D eigenvalue weighted by atomic mass is 28.4. The summed E-state index contributed by atoms with van der Waals surface area (Å²) in [5, 5.41) is 0. The summed E-state index contributed by atoms with van der Waals surface area (Å²) in [6.07, 6.45) is 10.4. The lowest BCUT2D eigenvalue weighted by Gasteiger charge is -2.26. The number of epoxide rings is 1. The highest BCUT2D eigenvalue weighted by Crippen LogP contribution is 2.22. The molecule has 0 aromatic heterocycles. The fraction of sp³-hybridized carbons (Fsp3) is 1.00. The first kappa shape index (κ1) is 21.1. The SMILES string of the molecule is CCCCCCCCC(CC[Si](OC)(OC)OC)OCC1CO1. The zero-order valence-electron chi connectivity index (χ0n) is 15.5. The van der Waals surface area contributed by atoms with Gasteiger partial charge in [0.15, 0.2) is 0 Å². The van der Waals surface area contributed by atoms with Crippen molar-refractivity contribution >= 4 is 8.80 Å². The molecule has 0 bridgehead atoms. The third-order valence-corrected chi connectivity index (χ3v) is 7.27. The van der Waals surface area contributed by atoms with Crippen LogP contribution in [0.3, 0.4) is 0 Å². The molecule has 1 heterocycles. The van der Waals surface area contributed by atoms with Crippen LogP contribution in [0.2, 0.25) is 6.04 Å². The Morgan fingerprint density at radius 3 is 2.13 bits per heavy atom. The Labute approximate surface area is 143 Å². The third kappa shape index (κ3) is 9.17. The molecule has 1 aliphatic rings. The van der Waals surface area contributed by atoms with E-state index in [1.807, 2.05) is 0 Å². The van der Waals surface area contributed by atoms with E-state index in [1.54, 1.807) is 21.3 Å². The van der Waals surface area contributed by atoms with Gasteiger partial charge in [0, 0.05) is 27.4 Å². The molecule has 2 unspecified atom stereocenters. The molecule has 0 aliphatic carbocycles. The quantitative estimate of drug-likeness (QED) is 0.241. The highest BCUT2D eigenvalue weighted by molar-refractivity contribution is 6.60. The van der Waals surface area contributed by atoms with Crippen LogP contribution in [0.1, 0.15) is 58.3 Å². The molecule has 0 aromatic carbocycles. The van der Waals surface area contributed by atoms with Crippen LogP contribution in [-0.2, 0) is 22.8 Å². The van der Waals surface area contributed by atoms with E-state index in [0.29, 0.717) is 12.7 Å². The van der Waals surface area contributed by atoms with Gasteiger partial charge >= 0.3 is 8.80 Å². The molecule has 0 spiro atoms. The van der Waals surface area contributed by atoms with E-state index in [4.69, 9.17) is 22.8 Å². The molecule has 2 atom stereocenters. The van der Waals surface area contributed by atoms with Gasteiger partial charge in [-0.2, -0.15) is 0 Å². The Hall–Kier alpha value is 0.0169. The van der Waals surface area contributed by atoms with Gasteiger partial charge in [-0.3, -0.25) is 0 Å². The Morgan fingerprint density at radius 2 is 1.57 bits per heavy atom. The molecule has 1 aliphatic heterocycles. The fourth-order valence-electron chi connectivity index (χ4n) is 2.76. The van der Waals surface area contributed by atoms with Crippen LogP contribution in [0.5, 0.6) is 0 Å². The largest absolute Gasteiger partial charge is 0.500 e. The van der Waals surface area contributed by atoms with Crippen LogP contribution in [0.25, 0.3) is 0 Å². The minimum absolute atomic E-state index is 0.248. The topological polar surface area (TPSA) is 49.5 Å². The predicted octanol–water partition coefficient (Wildman–Crippen LogP) is 3.79. The molecular weight excluding hydrogens is 312 g/mol. The molecule has 23 heavy (non-hydrogen) atoms. The third-order valence-electron chi connectivity index (χ3n) is 4.51. The summed E-state index contributed by atoms with van der Waals surface area (Å²) in [6, 6.07) is 0.794. The van der Waals surface area contributed by atoms with Crippen molar-refractivity contribution in [2.45, 2.75) is 76.5 Å². The van der Waals surface area contributed by atoms with Gasteiger partial charge in [0.1, 0.15) is 6.10 Å². The fourth-order valence-corrected chi connectivity index (χ4v) is 4.55. The summed E-state index contributed by atoms with van der Waals surface area (Å²) in [7, 11) is 2.51. The number of unbranched alkanes of at least 4 members (excludes halogenated alkanes) is 5. The second-order valence-corrected chi connectivity index (χ2v) is 9.39. The lowest BCUT2D eigenvalue weighted by Crippen LogP contribution is -2.43. The van der Waals surface area contributed by atoms with Crippen molar-refractivity contribution in [3.8, 4) is 0 Å². The van der Waals surface area contributed by atoms with Gasteiger partial charge < -0.3 is 22.8 Å². The van der Waals surface area contributed by atoms with Gasteiger partial charge in [0.05, 0.1) is 19.3 Å². The minimum Gasteiger partial charge on any atom is -0.377 e. The maximum atomic E-state index is 6.05. The Balaban J connectivity index is 2.29. The smallest absolute Gasteiger partial charge is 0.377 e. The lowest BCUT2D eigenvalue weighted by molar-refractivity contribution is 0.0284. The molecule has 5 nitrogen and oxygen atoms in total.